The van der Waals surface area contributed by atoms with E-state index in [0.717, 1.165) is 0 Å². The highest BCUT2D eigenvalue weighted by molar-refractivity contribution is 5.43. The largest absolute Gasteiger partial charge is 0.0587 e. The summed E-state index contributed by atoms with van der Waals surface area (Å²) in [6, 6.07) is 31.8. The van der Waals surface area contributed by atoms with Gasteiger partial charge in [-0.2, -0.15) is 0 Å². The summed E-state index contributed by atoms with van der Waals surface area (Å²) in [5, 5.41) is 0. The molecular formula is C22H20. The van der Waals surface area contributed by atoms with Crippen molar-refractivity contribution in [2.75, 3.05) is 0 Å². The van der Waals surface area contributed by atoms with Crippen LogP contribution < -0.4 is 0 Å². The summed E-state index contributed by atoms with van der Waals surface area (Å²) in [5.74, 6) is 0.815. The second-order valence-electron chi connectivity index (χ2n) is 5.92. The molecule has 0 unspecified atom stereocenters. The van der Waals surface area contributed by atoms with Gasteiger partial charge in [0.05, 0.1) is 0 Å². The number of hydrogen-bond donors (Lipinski definition) is 0. The van der Waals surface area contributed by atoms with Crippen molar-refractivity contribution in [1.29, 1.82) is 0 Å². The van der Waals surface area contributed by atoms with Gasteiger partial charge in [-0.1, -0.05) is 86.6 Å². The molecule has 3 rings (SSSR count). The second kappa shape index (κ2) is 6.62. The fourth-order valence-electron chi connectivity index (χ4n) is 2.84. The normalized spacial score (nSPS) is 11.1. The molecule has 0 heterocycles. The van der Waals surface area contributed by atoms with Crippen molar-refractivity contribution < 1.29 is 0 Å². The molecule has 3 aromatic carbocycles. The van der Waals surface area contributed by atoms with Gasteiger partial charge in [0, 0.05) is 5.92 Å². The number of benzene rings is 3. The monoisotopic (exact) mass is 284 g/mol. The minimum atomic E-state index is 0.255. The van der Waals surface area contributed by atoms with Crippen LogP contribution in [0.5, 0.6) is 0 Å². The number of hydrogen-bond acceptors (Lipinski definition) is 0. The molecular weight excluding hydrogens is 264 g/mol. The second-order valence-corrected chi connectivity index (χ2v) is 5.92. The van der Waals surface area contributed by atoms with E-state index in [4.69, 9.17) is 0 Å². The zero-order valence-electron chi connectivity index (χ0n) is 13.1. The first-order chi connectivity index (χ1) is 10.8. The lowest BCUT2D eigenvalue weighted by Crippen LogP contribution is -2.03. The Hall–Kier alpha value is -2.34. The Morgan fingerprint density at radius 3 is 1.32 bits per heavy atom. The van der Waals surface area contributed by atoms with Crippen molar-refractivity contribution >= 4 is 0 Å². The molecule has 0 fully saturated rings. The summed E-state index contributed by atoms with van der Waals surface area (Å²) in [7, 11) is 0. The average Bonchev–Trinajstić information content (AvgIpc) is 2.57. The van der Waals surface area contributed by atoms with Crippen LogP contribution in [0.2, 0.25) is 0 Å². The van der Waals surface area contributed by atoms with E-state index in [0.29, 0.717) is 5.92 Å². The molecule has 0 aromatic heterocycles. The summed E-state index contributed by atoms with van der Waals surface area (Å²) in [5.41, 5.74) is 5.29. The molecule has 0 amide bonds. The molecule has 0 atom stereocenters. The van der Waals surface area contributed by atoms with Gasteiger partial charge < -0.3 is 0 Å². The molecule has 0 aliphatic carbocycles. The average molecular weight is 284 g/mol. The highest BCUT2D eigenvalue weighted by Crippen LogP contribution is 2.32. The lowest BCUT2D eigenvalue weighted by atomic mass is 9.84. The van der Waals surface area contributed by atoms with E-state index in [2.05, 4.69) is 74.5 Å². The van der Waals surface area contributed by atoms with Crippen LogP contribution in [0.15, 0.2) is 72.8 Å². The first-order valence-electron chi connectivity index (χ1n) is 7.77. The lowest BCUT2D eigenvalue weighted by Gasteiger charge is -2.19. The highest BCUT2D eigenvalue weighted by atomic mass is 14.2. The summed E-state index contributed by atoms with van der Waals surface area (Å²) in [6.07, 6.45) is 0. The van der Waals surface area contributed by atoms with Crippen LogP contribution in [0.1, 0.15) is 47.9 Å². The van der Waals surface area contributed by atoms with E-state index in [1.807, 2.05) is 24.3 Å². The SMILES string of the molecule is CC(C)c1ccc(C(c2cc[c]cc2)c2cc[c]cc2)cc1. The molecule has 108 valence electrons. The van der Waals surface area contributed by atoms with Crippen molar-refractivity contribution in [1.82, 2.24) is 0 Å². The molecule has 22 heavy (non-hydrogen) atoms. The van der Waals surface area contributed by atoms with E-state index in [1.165, 1.54) is 22.3 Å². The highest BCUT2D eigenvalue weighted by Gasteiger charge is 2.16. The quantitative estimate of drug-likeness (QED) is 0.548. The molecule has 0 nitrogen and oxygen atoms in total. The molecule has 0 aliphatic rings. The maximum Gasteiger partial charge on any atom is 0.0340 e. The molecule has 0 aliphatic heterocycles. The van der Waals surface area contributed by atoms with Crippen molar-refractivity contribution in [3.05, 3.63) is 107 Å². The van der Waals surface area contributed by atoms with E-state index in [9.17, 15) is 0 Å². The Bertz CT molecular complexity index is 655. The van der Waals surface area contributed by atoms with Crippen LogP contribution in [0, 0.1) is 12.1 Å². The van der Waals surface area contributed by atoms with Crippen LogP contribution in [-0.2, 0) is 0 Å². The van der Waals surface area contributed by atoms with Gasteiger partial charge in [-0.3, -0.25) is 0 Å². The molecule has 0 bridgehead atoms. The summed E-state index contributed by atoms with van der Waals surface area (Å²) in [4.78, 5) is 0. The molecule has 0 heteroatoms. The fraction of sp³-hybridized carbons (Fsp3) is 0.182. The molecule has 0 N–H and O–H groups in total. The van der Waals surface area contributed by atoms with Gasteiger partial charge in [0.2, 0.25) is 0 Å². The molecule has 0 spiro atoms. The van der Waals surface area contributed by atoms with Crippen LogP contribution in [0.25, 0.3) is 0 Å². The van der Waals surface area contributed by atoms with Crippen LogP contribution in [0.4, 0.5) is 0 Å². The summed E-state index contributed by atoms with van der Waals surface area (Å²) < 4.78 is 0. The number of rotatable bonds is 4. The third kappa shape index (κ3) is 3.12. The van der Waals surface area contributed by atoms with Crippen LogP contribution in [0.3, 0.4) is 0 Å². The third-order valence-corrected chi connectivity index (χ3v) is 4.09. The van der Waals surface area contributed by atoms with Crippen LogP contribution in [-0.4, -0.2) is 0 Å². The minimum Gasteiger partial charge on any atom is -0.0587 e. The summed E-state index contributed by atoms with van der Waals surface area (Å²) in [6.45, 7) is 4.46. The maximum absolute atomic E-state index is 3.11. The predicted molar refractivity (Wildman–Crippen MR) is 92.0 cm³/mol. The van der Waals surface area contributed by atoms with E-state index in [-0.39, 0.29) is 5.92 Å². The van der Waals surface area contributed by atoms with Gasteiger partial charge in [-0.25, -0.2) is 0 Å². The zero-order valence-corrected chi connectivity index (χ0v) is 13.1. The Kier molecular flexibility index (Phi) is 4.39. The first kappa shape index (κ1) is 14.6. The fourth-order valence-corrected chi connectivity index (χ4v) is 2.84. The van der Waals surface area contributed by atoms with E-state index >= 15 is 0 Å². The Morgan fingerprint density at radius 2 is 0.909 bits per heavy atom. The van der Waals surface area contributed by atoms with Gasteiger partial charge in [0.15, 0.2) is 0 Å². The first-order valence-corrected chi connectivity index (χ1v) is 7.77. The molecule has 2 radical (unpaired) electrons. The Morgan fingerprint density at radius 1 is 0.545 bits per heavy atom. The molecule has 0 saturated heterocycles. The van der Waals surface area contributed by atoms with Gasteiger partial charge in [0.1, 0.15) is 0 Å². The van der Waals surface area contributed by atoms with Crippen molar-refractivity contribution in [3.8, 4) is 0 Å². The van der Waals surface area contributed by atoms with Crippen molar-refractivity contribution in [2.45, 2.75) is 25.7 Å². The predicted octanol–water partition coefficient (Wildman–Crippen LogP) is 5.59. The smallest absolute Gasteiger partial charge is 0.0340 e. The molecule has 0 saturated carbocycles. The Labute approximate surface area is 133 Å². The Balaban J connectivity index is 2.06. The van der Waals surface area contributed by atoms with Gasteiger partial charge in [-0.05, 0) is 40.3 Å². The molecule has 3 aromatic rings. The van der Waals surface area contributed by atoms with Gasteiger partial charge in [0.25, 0.3) is 0 Å². The van der Waals surface area contributed by atoms with Crippen molar-refractivity contribution in [2.24, 2.45) is 0 Å². The van der Waals surface area contributed by atoms with Gasteiger partial charge >= 0.3 is 0 Å². The van der Waals surface area contributed by atoms with Crippen LogP contribution >= 0.6 is 0 Å². The lowest BCUT2D eigenvalue weighted by molar-refractivity contribution is 0.862. The van der Waals surface area contributed by atoms with E-state index in [1.54, 1.807) is 0 Å². The zero-order chi connectivity index (χ0) is 15.4. The van der Waals surface area contributed by atoms with Crippen molar-refractivity contribution in [3.63, 3.8) is 0 Å². The maximum atomic E-state index is 3.11. The summed E-state index contributed by atoms with van der Waals surface area (Å²) >= 11 is 0. The van der Waals surface area contributed by atoms with Gasteiger partial charge in [-0.15, -0.1) is 0 Å². The van der Waals surface area contributed by atoms with E-state index < -0.39 is 0 Å². The third-order valence-electron chi connectivity index (χ3n) is 4.09. The topological polar surface area (TPSA) is 0 Å². The minimum absolute atomic E-state index is 0.255. The standard InChI is InChI=1S/C22H20/c1-17(2)18-13-15-21(16-14-18)22(19-9-5-3-6-10-19)20-11-7-4-8-12-20/h5-17,22H,1-2H3.